The Morgan fingerprint density at radius 3 is 2.53 bits per heavy atom. The predicted octanol–water partition coefficient (Wildman–Crippen LogP) is 1.42. The van der Waals surface area contributed by atoms with E-state index in [9.17, 15) is 4.79 Å². The Labute approximate surface area is 90.4 Å². The molecule has 1 rings (SSSR count). The van der Waals surface area contributed by atoms with E-state index in [1.807, 2.05) is 31.2 Å². The highest BCUT2D eigenvalue weighted by Gasteiger charge is 2.02. The van der Waals surface area contributed by atoms with Gasteiger partial charge in [0.25, 0.3) is 0 Å². The molecule has 3 nitrogen and oxygen atoms in total. The van der Waals surface area contributed by atoms with E-state index in [4.69, 9.17) is 4.74 Å². The van der Waals surface area contributed by atoms with Crippen molar-refractivity contribution in [3.63, 3.8) is 0 Å². The Hall–Kier alpha value is -1.35. The van der Waals surface area contributed by atoms with Crippen LogP contribution in [-0.4, -0.2) is 26.0 Å². The zero-order valence-electron chi connectivity index (χ0n) is 9.25. The molecule has 0 atom stereocenters. The summed E-state index contributed by atoms with van der Waals surface area (Å²) in [7, 11) is 1.77. The Morgan fingerprint density at radius 2 is 2.00 bits per heavy atom. The summed E-state index contributed by atoms with van der Waals surface area (Å²) in [6.07, 6.45) is 0.479. The number of hydrogen-bond acceptors (Lipinski definition) is 3. The van der Waals surface area contributed by atoms with Gasteiger partial charge in [-0.25, -0.2) is 0 Å². The van der Waals surface area contributed by atoms with Gasteiger partial charge in [0.05, 0.1) is 13.2 Å². The van der Waals surface area contributed by atoms with Gasteiger partial charge in [0.2, 0.25) is 0 Å². The Morgan fingerprint density at radius 1 is 1.33 bits per heavy atom. The number of hydrogen-bond donors (Lipinski definition) is 1. The van der Waals surface area contributed by atoms with Crippen LogP contribution in [0.4, 0.5) is 0 Å². The fourth-order valence-corrected chi connectivity index (χ4v) is 1.36. The third-order valence-corrected chi connectivity index (χ3v) is 2.01. The van der Waals surface area contributed by atoms with Crippen molar-refractivity contribution in [2.24, 2.45) is 0 Å². The van der Waals surface area contributed by atoms with Crippen molar-refractivity contribution in [2.75, 3.05) is 20.2 Å². The van der Waals surface area contributed by atoms with Gasteiger partial charge in [-0.15, -0.1) is 0 Å². The second-order valence-corrected chi connectivity index (χ2v) is 3.32. The highest BCUT2D eigenvalue weighted by molar-refractivity contribution is 5.82. The number of carbonyl (C=O) groups is 1. The Kier molecular flexibility index (Phi) is 4.84. The van der Waals surface area contributed by atoms with E-state index in [1.165, 1.54) is 0 Å². The van der Waals surface area contributed by atoms with Gasteiger partial charge < -0.3 is 10.1 Å². The summed E-state index contributed by atoms with van der Waals surface area (Å²) in [5, 5.41) is 2.85. The first-order valence-electron chi connectivity index (χ1n) is 5.14. The van der Waals surface area contributed by atoms with E-state index in [0.29, 0.717) is 19.6 Å². The van der Waals surface area contributed by atoms with Crippen LogP contribution in [0.25, 0.3) is 0 Å². The fourth-order valence-electron chi connectivity index (χ4n) is 1.36. The maximum Gasteiger partial charge on any atom is 0.150 e. The van der Waals surface area contributed by atoms with Gasteiger partial charge in [0.1, 0.15) is 5.75 Å². The molecule has 0 amide bonds. The van der Waals surface area contributed by atoms with Crippen molar-refractivity contribution in [1.29, 1.82) is 0 Å². The van der Waals surface area contributed by atoms with Crippen LogP contribution < -0.4 is 10.1 Å². The molecule has 0 aliphatic heterocycles. The molecule has 82 valence electrons. The van der Waals surface area contributed by atoms with E-state index in [2.05, 4.69) is 5.32 Å². The van der Waals surface area contributed by atoms with Gasteiger partial charge in [-0.2, -0.15) is 0 Å². The average Bonchev–Trinajstić information content (AvgIpc) is 2.22. The lowest BCUT2D eigenvalue weighted by atomic mass is 10.1. The molecular formula is C12H17NO2. The second-order valence-electron chi connectivity index (χ2n) is 3.32. The molecule has 0 saturated carbocycles. The molecule has 0 heterocycles. The van der Waals surface area contributed by atoms with Gasteiger partial charge in [-0.1, -0.05) is 12.1 Å². The maximum absolute atomic E-state index is 11.3. The van der Waals surface area contributed by atoms with E-state index in [0.717, 1.165) is 11.3 Å². The van der Waals surface area contributed by atoms with Crippen molar-refractivity contribution < 1.29 is 9.53 Å². The number of benzene rings is 1. The normalized spacial score (nSPS) is 10.0. The van der Waals surface area contributed by atoms with Gasteiger partial charge in [-0.05, 0) is 31.7 Å². The number of rotatable bonds is 6. The summed E-state index contributed by atoms with van der Waals surface area (Å²) in [5.74, 6) is 1.05. The molecule has 1 aromatic carbocycles. The van der Waals surface area contributed by atoms with Crippen molar-refractivity contribution in [2.45, 2.75) is 13.3 Å². The first-order chi connectivity index (χ1) is 7.26. The van der Waals surface area contributed by atoms with Crippen LogP contribution in [0.3, 0.4) is 0 Å². The standard InChI is InChI=1S/C12H17NO2/c1-3-15-12-6-4-10(5-7-12)8-11(14)9-13-2/h4-7,13H,3,8-9H2,1-2H3. The number of ether oxygens (including phenoxy) is 1. The fraction of sp³-hybridized carbons (Fsp3) is 0.417. The zero-order chi connectivity index (χ0) is 11.1. The van der Waals surface area contributed by atoms with E-state index in [1.54, 1.807) is 7.05 Å². The maximum atomic E-state index is 11.3. The lowest BCUT2D eigenvalue weighted by molar-refractivity contribution is -0.117. The van der Waals surface area contributed by atoms with E-state index in [-0.39, 0.29) is 5.78 Å². The van der Waals surface area contributed by atoms with Gasteiger partial charge in [0, 0.05) is 6.42 Å². The number of nitrogens with one attached hydrogen (secondary N) is 1. The summed E-state index contributed by atoms with van der Waals surface area (Å²) in [4.78, 5) is 11.3. The molecule has 0 aromatic heterocycles. The first kappa shape index (κ1) is 11.7. The Bertz CT molecular complexity index is 306. The van der Waals surface area contributed by atoms with E-state index >= 15 is 0 Å². The molecule has 1 aromatic rings. The molecule has 0 bridgehead atoms. The van der Waals surface area contributed by atoms with Gasteiger partial charge >= 0.3 is 0 Å². The Balaban J connectivity index is 2.52. The van der Waals surface area contributed by atoms with Crippen LogP contribution >= 0.6 is 0 Å². The number of ketones is 1. The predicted molar refractivity (Wildman–Crippen MR) is 60.2 cm³/mol. The van der Waals surface area contributed by atoms with Crippen LogP contribution in [0.15, 0.2) is 24.3 Å². The molecule has 1 N–H and O–H groups in total. The van der Waals surface area contributed by atoms with Crippen LogP contribution in [0.5, 0.6) is 5.75 Å². The third kappa shape index (κ3) is 4.13. The molecule has 3 heteroatoms. The van der Waals surface area contributed by atoms with Gasteiger partial charge in [0.15, 0.2) is 5.78 Å². The minimum Gasteiger partial charge on any atom is -0.494 e. The third-order valence-electron chi connectivity index (χ3n) is 2.01. The van der Waals surface area contributed by atoms with Crippen molar-refractivity contribution in [1.82, 2.24) is 5.32 Å². The van der Waals surface area contributed by atoms with Crippen LogP contribution in [0.1, 0.15) is 12.5 Å². The second kappa shape index (κ2) is 6.19. The monoisotopic (exact) mass is 207 g/mol. The summed E-state index contributed by atoms with van der Waals surface area (Å²) in [5.41, 5.74) is 1.03. The SMILES string of the molecule is CCOc1ccc(CC(=O)CNC)cc1. The molecule has 0 spiro atoms. The van der Waals surface area contributed by atoms with Crippen molar-refractivity contribution in [3.05, 3.63) is 29.8 Å². The lowest BCUT2D eigenvalue weighted by Gasteiger charge is -2.04. The van der Waals surface area contributed by atoms with Crippen molar-refractivity contribution >= 4 is 5.78 Å². The molecule has 0 saturated heterocycles. The van der Waals surface area contributed by atoms with Crippen LogP contribution in [-0.2, 0) is 11.2 Å². The average molecular weight is 207 g/mol. The molecule has 0 aliphatic carbocycles. The number of carbonyl (C=O) groups excluding carboxylic acids is 1. The van der Waals surface area contributed by atoms with Crippen molar-refractivity contribution in [3.8, 4) is 5.75 Å². The summed E-state index contributed by atoms with van der Waals surface area (Å²) >= 11 is 0. The van der Waals surface area contributed by atoms with Crippen LogP contribution in [0.2, 0.25) is 0 Å². The van der Waals surface area contributed by atoms with E-state index < -0.39 is 0 Å². The number of Topliss-reactive ketones (excluding diaryl/α,β-unsaturated/α-hetero) is 1. The van der Waals surface area contributed by atoms with Crippen LogP contribution in [0, 0.1) is 0 Å². The quantitative estimate of drug-likeness (QED) is 0.766. The molecule has 0 fully saturated rings. The largest absolute Gasteiger partial charge is 0.494 e. The topological polar surface area (TPSA) is 38.3 Å². The summed E-state index contributed by atoms with van der Waals surface area (Å²) in [6.45, 7) is 3.04. The molecule has 15 heavy (non-hydrogen) atoms. The first-order valence-corrected chi connectivity index (χ1v) is 5.14. The molecule has 0 unspecified atom stereocenters. The molecule has 0 radical (unpaired) electrons. The minimum atomic E-state index is 0.196. The molecule has 0 aliphatic rings. The highest BCUT2D eigenvalue weighted by atomic mass is 16.5. The summed E-state index contributed by atoms with van der Waals surface area (Å²) in [6, 6.07) is 7.65. The lowest BCUT2D eigenvalue weighted by Crippen LogP contribution is -2.20. The zero-order valence-corrected chi connectivity index (χ0v) is 9.25. The number of likely N-dealkylation sites (N-methyl/N-ethyl adjacent to an activating group) is 1. The molecular weight excluding hydrogens is 190 g/mol. The highest BCUT2D eigenvalue weighted by Crippen LogP contribution is 2.12. The minimum absolute atomic E-state index is 0.196. The summed E-state index contributed by atoms with van der Waals surface area (Å²) < 4.78 is 5.32. The van der Waals surface area contributed by atoms with Gasteiger partial charge in [-0.3, -0.25) is 4.79 Å². The smallest absolute Gasteiger partial charge is 0.150 e.